The van der Waals surface area contributed by atoms with Gasteiger partial charge in [-0.2, -0.15) is 10.2 Å². The zero-order valence-electron chi connectivity index (χ0n) is 13.6. The van der Waals surface area contributed by atoms with Crippen molar-refractivity contribution < 1.29 is 29.3 Å². The van der Waals surface area contributed by atoms with Crippen LogP contribution < -0.4 is 9.47 Å². The van der Waals surface area contributed by atoms with Gasteiger partial charge < -0.3 is 19.7 Å². The van der Waals surface area contributed by atoms with Gasteiger partial charge >= 0.3 is 11.9 Å². The molecule has 0 aromatic heterocycles. The molecule has 0 radical (unpaired) electrons. The summed E-state index contributed by atoms with van der Waals surface area (Å²) in [6, 6.07) is 13.5. The third-order valence-corrected chi connectivity index (χ3v) is 2.97. The molecular formula is C18H16N2O6. The van der Waals surface area contributed by atoms with E-state index in [1.54, 1.807) is 61.0 Å². The average molecular weight is 356 g/mol. The average Bonchev–Trinajstić information content (AvgIpc) is 2.63. The fourth-order valence-corrected chi connectivity index (χ4v) is 1.79. The zero-order valence-corrected chi connectivity index (χ0v) is 13.6. The predicted octanol–water partition coefficient (Wildman–Crippen LogP) is 2.07. The van der Waals surface area contributed by atoms with Crippen LogP contribution in [0.5, 0.6) is 11.5 Å². The van der Waals surface area contributed by atoms with Crippen LogP contribution in [0.4, 0.5) is 0 Å². The highest BCUT2D eigenvalue weighted by atomic mass is 16.5. The molecule has 0 spiro atoms. The maximum Gasteiger partial charge on any atom is 0.341 e. The topological polar surface area (TPSA) is 118 Å². The molecule has 8 nitrogen and oxygen atoms in total. The summed E-state index contributed by atoms with van der Waals surface area (Å²) in [5.41, 5.74) is 1.56. The molecule has 0 aliphatic heterocycles. The highest BCUT2D eigenvalue weighted by Gasteiger charge is 1.99. The van der Waals surface area contributed by atoms with Gasteiger partial charge in [0.25, 0.3) is 0 Å². The first-order chi connectivity index (χ1) is 12.5. The number of hydrogen-bond acceptors (Lipinski definition) is 6. The highest BCUT2D eigenvalue weighted by Crippen LogP contribution is 2.12. The molecular weight excluding hydrogens is 340 g/mol. The van der Waals surface area contributed by atoms with Crippen molar-refractivity contribution in [1.29, 1.82) is 0 Å². The Morgan fingerprint density at radius 2 is 1.08 bits per heavy atom. The SMILES string of the molecule is O=C(O)COc1ccc(/C=N/N=C/c2ccc(OCC(=O)O)cc2)cc1. The molecule has 0 bridgehead atoms. The van der Waals surface area contributed by atoms with Gasteiger partial charge in [-0.25, -0.2) is 9.59 Å². The Morgan fingerprint density at radius 3 is 1.38 bits per heavy atom. The third kappa shape index (κ3) is 6.83. The third-order valence-electron chi connectivity index (χ3n) is 2.97. The smallest absolute Gasteiger partial charge is 0.341 e. The Morgan fingerprint density at radius 1 is 0.731 bits per heavy atom. The first kappa shape index (κ1) is 18.7. The van der Waals surface area contributed by atoms with E-state index in [4.69, 9.17) is 19.7 Å². The van der Waals surface area contributed by atoms with Crippen molar-refractivity contribution in [2.45, 2.75) is 0 Å². The number of carbonyl (C=O) groups is 2. The lowest BCUT2D eigenvalue weighted by Gasteiger charge is -2.02. The van der Waals surface area contributed by atoms with E-state index in [0.717, 1.165) is 11.1 Å². The van der Waals surface area contributed by atoms with Crippen LogP contribution in [0.25, 0.3) is 0 Å². The Hall–Kier alpha value is -3.68. The van der Waals surface area contributed by atoms with Crippen LogP contribution >= 0.6 is 0 Å². The summed E-state index contributed by atoms with van der Waals surface area (Å²) < 4.78 is 10.1. The minimum atomic E-state index is -1.04. The molecule has 2 N–H and O–H groups in total. The molecule has 8 heteroatoms. The lowest BCUT2D eigenvalue weighted by atomic mass is 10.2. The molecule has 2 aromatic carbocycles. The molecule has 0 atom stereocenters. The van der Waals surface area contributed by atoms with Crippen LogP contribution in [0.3, 0.4) is 0 Å². The van der Waals surface area contributed by atoms with E-state index < -0.39 is 25.2 Å². The summed E-state index contributed by atoms with van der Waals surface area (Å²) in [6.45, 7) is -0.782. The van der Waals surface area contributed by atoms with Crippen LogP contribution in [0.2, 0.25) is 0 Å². The fraction of sp³-hybridized carbons (Fsp3) is 0.111. The van der Waals surface area contributed by atoms with Crippen molar-refractivity contribution in [3.8, 4) is 11.5 Å². The lowest BCUT2D eigenvalue weighted by molar-refractivity contribution is -0.140. The Kier molecular flexibility index (Phi) is 6.87. The van der Waals surface area contributed by atoms with Gasteiger partial charge in [0.1, 0.15) is 11.5 Å². The Balaban J connectivity index is 1.85. The van der Waals surface area contributed by atoms with Gasteiger partial charge in [0.2, 0.25) is 0 Å². The first-order valence-corrected chi connectivity index (χ1v) is 7.48. The second kappa shape index (κ2) is 9.58. The van der Waals surface area contributed by atoms with Gasteiger partial charge in [-0.3, -0.25) is 0 Å². The van der Waals surface area contributed by atoms with Gasteiger partial charge in [-0.15, -0.1) is 0 Å². The molecule has 2 aromatic rings. The van der Waals surface area contributed by atoms with Gasteiger partial charge in [-0.05, 0) is 59.7 Å². The van der Waals surface area contributed by atoms with E-state index in [9.17, 15) is 9.59 Å². The standard InChI is InChI=1S/C18H16N2O6/c21-17(22)11-25-15-5-1-13(2-6-15)9-19-20-10-14-3-7-16(8-4-14)26-12-18(23)24/h1-10H,11-12H2,(H,21,22)(H,23,24)/b19-9+,20-10+. The van der Waals surface area contributed by atoms with E-state index in [1.165, 1.54) is 0 Å². The second-order valence-corrected chi connectivity index (χ2v) is 4.99. The molecule has 0 aliphatic rings. The monoisotopic (exact) mass is 356 g/mol. The summed E-state index contributed by atoms with van der Waals surface area (Å²) in [6.07, 6.45) is 3.09. The van der Waals surface area contributed by atoms with Gasteiger partial charge in [0.05, 0.1) is 12.4 Å². The fourth-order valence-electron chi connectivity index (χ4n) is 1.79. The minimum absolute atomic E-state index is 0.391. The van der Waals surface area contributed by atoms with Crippen LogP contribution in [-0.4, -0.2) is 47.8 Å². The zero-order chi connectivity index (χ0) is 18.8. The molecule has 134 valence electrons. The normalized spacial score (nSPS) is 10.9. The minimum Gasteiger partial charge on any atom is -0.482 e. The predicted molar refractivity (Wildman–Crippen MR) is 94.3 cm³/mol. The van der Waals surface area contributed by atoms with Crippen LogP contribution in [0.15, 0.2) is 58.7 Å². The van der Waals surface area contributed by atoms with Crippen molar-refractivity contribution in [2.24, 2.45) is 10.2 Å². The molecule has 0 saturated carbocycles. The van der Waals surface area contributed by atoms with Crippen molar-refractivity contribution in [2.75, 3.05) is 13.2 Å². The lowest BCUT2D eigenvalue weighted by Crippen LogP contribution is -2.09. The van der Waals surface area contributed by atoms with E-state index >= 15 is 0 Å². The molecule has 0 saturated heterocycles. The summed E-state index contributed by atoms with van der Waals surface area (Å²) in [5.74, 6) is -1.16. The van der Waals surface area contributed by atoms with E-state index in [0.29, 0.717) is 11.5 Å². The summed E-state index contributed by atoms with van der Waals surface area (Å²) in [5, 5.41) is 24.9. The largest absolute Gasteiger partial charge is 0.482 e. The Labute approximate surface area is 149 Å². The van der Waals surface area contributed by atoms with E-state index in [-0.39, 0.29) is 0 Å². The van der Waals surface area contributed by atoms with E-state index in [2.05, 4.69) is 10.2 Å². The van der Waals surface area contributed by atoms with Gasteiger partial charge in [0.15, 0.2) is 13.2 Å². The number of carboxylic acids is 2. The Bertz CT molecular complexity index is 728. The summed E-state index contributed by atoms with van der Waals surface area (Å²) in [4.78, 5) is 20.8. The highest BCUT2D eigenvalue weighted by molar-refractivity contribution is 5.82. The summed E-state index contributed by atoms with van der Waals surface area (Å²) in [7, 11) is 0. The van der Waals surface area contributed by atoms with Crippen molar-refractivity contribution >= 4 is 24.4 Å². The number of ether oxygens (including phenoxy) is 2. The van der Waals surface area contributed by atoms with Crippen molar-refractivity contribution in [3.05, 3.63) is 59.7 Å². The number of aliphatic carboxylic acids is 2. The molecule has 0 unspecified atom stereocenters. The number of carboxylic acid groups (broad SMARTS) is 2. The molecule has 26 heavy (non-hydrogen) atoms. The number of benzene rings is 2. The number of nitrogens with zero attached hydrogens (tertiary/aromatic N) is 2. The molecule has 0 heterocycles. The second-order valence-electron chi connectivity index (χ2n) is 4.99. The van der Waals surface area contributed by atoms with Crippen molar-refractivity contribution in [3.63, 3.8) is 0 Å². The molecule has 0 aliphatic carbocycles. The maximum absolute atomic E-state index is 10.4. The van der Waals surface area contributed by atoms with Crippen molar-refractivity contribution in [1.82, 2.24) is 0 Å². The molecule has 0 fully saturated rings. The maximum atomic E-state index is 10.4. The number of hydrogen-bond donors (Lipinski definition) is 2. The van der Waals surface area contributed by atoms with Gasteiger partial charge in [0, 0.05) is 0 Å². The van der Waals surface area contributed by atoms with Crippen LogP contribution in [0, 0.1) is 0 Å². The molecule has 2 rings (SSSR count). The van der Waals surface area contributed by atoms with Crippen LogP contribution in [0.1, 0.15) is 11.1 Å². The summed E-state index contributed by atoms with van der Waals surface area (Å²) >= 11 is 0. The van der Waals surface area contributed by atoms with Gasteiger partial charge in [-0.1, -0.05) is 0 Å². The van der Waals surface area contributed by atoms with Crippen LogP contribution in [-0.2, 0) is 9.59 Å². The quantitative estimate of drug-likeness (QED) is 0.524. The van der Waals surface area contributed by atoms with E-state index in [1.807, 2.05) is 0 Å². The number of rotatable bonds is 9. The molecule has 0 amide bonds. The first-order valence-electron chi connectivity index (χ1n) is 7.48.